The molecule has 3 rings (SSSR count). The zero-order valence-electron chi connectivity index (χ0n) is 17.1. The second-order valence-corrected chi connectivity index (χ2v) is 7.38. The first-order valence-electron chi connectivity index (χ1n) is 10.2. The summed E-state index contributed by atoms with van der Waals surface area (Å²) in [5, 5.41) is 6.87. The zero-order valence-corrected chi connectivity index (χ0v) is 19.4. The molecule has 160 valence electrons. The number of likely N-dealkylation sites (N-methyl/N-ethyl adjacent to an activating group) is 1. The Morgan fingerprint density at radius 1 is 1.29 bits per heavy atom. The van der Waals surface area contributed by atoms with E-state index >= 15 is 0 Å². The summed E-state index contributed by atoms with van der Waals surface area (Å²) in [5.74, 6) is 1.36. The molecule has 1 atom stereocenters. The van der Waals surface area contributed by atoms with Crippen LogP contribution in [-0.2, 0) is 15.9 Å². The van der Waals surface area contributed by atoms with Crippen molar-refractivity contribution in [2.45, 2.75) is 51.4 Å². The molecule has 2 saturated heterocycles. The Morgan fingerprint density at radius 3 is 2.79 bits per heavy atom. The predicted octanol–water partition coefficient (Wildman–Crippen LogP) is 2.61. The molecule has 0 amide bonds. The summed E-state index contributed by atoms with van der Waals surface area (Å²) >= 11 is 0. The number of likely N-dealkylation sites (tertiary alicyclic amines) is 1. The Balaban J connectivity index is 0.00000280. The van der Waals surface area contributed by atoms with Crippen LogP contribution in [0.2, 0.25) is 0 Å². The number of ether oxygens (including phenoxy) is 2. The van der Waals surface area contributed by atoms with Crippen molar-refractivity contribution in [3.8, 4) is 0 Å². The van der Waals surface area contributed by atoms with Crippen LogP contribution in [0.1, 0.15) is 38.9 Å². The van der Waals surface area contributed by atoms with Gasteiger partial charge in [-0.1, -0.05) is 6.92 Å². The lowest BCUT2D eigenvalue weighted by Gasteiger charge is -2.24. The quantitative estimate of drug-likeness (QED) is 0.305. The highest BCUT2D eigenvalue weighted by atomic mass is 127. The fraction of sp³-hybridized carbons (Fsp3) is 0.750. The van der Waals surface area contributed by atoms with E-state index < -0.39 is 5.79 Å². The fourth-order valence-electron chi connectivity index (χ4n) is 3.76. The zero-order chi connectivity index (χ0) is 19.0. The molecular weight excluding hydrogens is 471 g/mol. The minimum atomic E-state index is -0.475. The number of hydrogen-bond donors (Lipinski definition) is 2. The molecule has 0 bridgehead atoms. The van der Waals surface area contributed by atoms with E-state index in [0.717, 1.165) is 50.7 Å². The van der Waals surface area contributed by atoms with E-state index in [-0.39, 0.29) is 24.0 Å². The summed E-state index contributed by atoms with van der Waals surface area (Å²) in [6.45, 7) is 10.2. The van der Waals surface area contributed by atoms with Crippen molar-refractivity contribution in [3.05, 3.63) is 24.2 Å². The van der Waals surface area contributed by atoms with Crippen molar-refractivity contribution in [3.63, 3.8) is 0 Å². The first-order valence-corrected chi connectivity index (χ1v) is 10.2. The highest BCUT2D eigenvalue weighted by molar-refractivity contribution is 14.0. The minimum Gasteiger partial charge on any atom is -0.469 e. The average molecular weight is 506 g/mol. The van der Waals surface area contributed by atoms with E-state index in [2.05, 4.69) is 22.5 Å². The fourth-order valence-corrected chi connectivity index (χ4v) is 3.76. The molecule has 0 radical (unpaired) electrons. The summed E-state index contributed by atoms with van der Waals surface area (Å²) in [7, 11) is 0. The van der Waals surface area contributed by atoms with Gasteiger partial charge >= 0.3 is 0 Å². The topological polar surface area (TPSA) is 71.3 Å². The number of guanidine groups is 1. The molecule has 0 aliphatic carbocycles. The SMILES string of the molecule is CCN1CCCC1CN=C(NCCc1ccco1)NCCC1(C)OCCO1.I. The van der Waals surface area contributed by atoms with Crippen LogP contribution >= 0.6 is 24.0 Å². The van der Waals surface area contributed by atoms with Gasteiger partial charge in [0.15, 0.2) is 11.7 Å². The maximum absolute atomic E-state index is 5.68. The van der Waals surface area contributed by atoms with E-state index in [1.54, 1.807) is 6.26 Å². The van der Waals surface area contributed by atoms with Crippen LogP contribution in [-0.4, -0.2) is 68.6 Å². The third kappa shape index (κ3) is 7.20. The van der Waals surface area contributed by atoms with Gasteiger partial charge in [0.1, 0.15) is 5.76 Å². The highest BCUT2D eigenvalue weighted by Crippen LogP contribution is 2.21. The number of rotatable bonds is 9. The maximum atomic E-state index is 5.68. The second kappa shape index (κ2) is 12.0. The van der Waals surface area contributed by atoms with Gasteiger partial charge < -0.3 is 24.5 Å². The molecule has 7 nitrogen and oxygen atoms in total. The Bertz CT molecular complexity index is 576. The first-order chi connectivity index (χ1) is 13.2. The van der Waals surface area contributed by atoms with Crippen molar-refractivity contribution in [2.24, 2.45) is 4.99 Å². The summed E-state index contributed by atoms with van der Waals surface area (Å²) in [6, 6.07) is 4.47. The van der Waals surface area contributed by atoms with Crippen molar-refractivity contribution in [1.82, 2.24) is 15.5 Å². The van der Waals surface area contributed by atoms with Crippen LogP contribution in [0.5, 0.6) is 0 Å². The van der Waals surface area contributed by atoms with Crippen LogP contribution in [0.3, 0.4) is 0 Å². The molecule has 1 unspecified atom stereocenters. The Kier molecular flexibility index (Phi) is 10.0. The van der Waals surface area contributed by atoms with Crippen LogP contribution < -0.4 is 10.6 Å². The molecule has 1 aromatic heterocycles. The molecule has 1 aromatic rings. The molecule has 2 N–H and O–H groups in total. The van der Waals surface area contributed by atoms with E-state index in [9.17, 15) is 0 Å². The van der Waals surface area contributed by atoms with Gasteiger partial charge in [0.25, 0.3) is 0 Å². The first kappa shape index (κ1) is 23.4. The molecule has 2 fully saturated rings. The van der Waals surface area contributed by atoms with Gasteiger partial charge in [0.05, 0.1) is 26.0 Å². The van der Waals surface area contributed by atoms with Crippen LogP contribution in [0.25, 0.3) is 0 Å². The highest BCUT2D eigenvalue weighted by Gasteiger charge is 2.30. The van der Waals surface area contributed by atoms with Gasteiger partial charge in [-0.05, 0) is 45.0 Å². The molecule has 0 spiro atoms. The molecule has 2 aliphatic heterocycles. The predicted molar refractivity (Wildman–Crippen MR) is 121 cm³/mol. The largest absolute Gasteiger partial charge is 0.469 e. The van der Waals surface area contributed by atoms with Crippen molar-refractivity contribution in [1.29, 1.82) is 0 Å². The van der Waals surface area contributed by atoms with Gasteiger partial charge in [-0.2, -0.15) is 0 Å². The Hall–Kier alpha value is -0.840. The lowest BCUT2D eigenvalue weighted by Crippen LogP contribution is -2.42. The molecular formula is C20H35IN4O3. The normalized spacial score (nSPS) is 22.2. The second-order valence-electron chi connectivity index (χ2n) is 7.38. The summed E-state index contributed by atoms with van der Waals surface area (Å²) in [4.78, 5) is 7.37. The van der Waals surface area contributed by atoms with Crippen molar-refractivity contribution < 1.29 is 13.9 Å². The number of nitrogens with zero attached hydrogens (tertiary/aromatic N) is 2. The summed E-state index contributed by atoms with van der Waals surface area (Å²) in [5.41, 5.74) is 0. The van der Waals surface area contributed by atoms with Gasteiger partial charge in [-0.25, -0.2) is 0 Å². The van der Waals surface area contributed by atoms with Crippen LogP contribution in [0.4, 0.5) is 0 Å². The molecule has 2 aliphatic rings. The number of furan rings is 1. The smallest absolute Gasteiger partial charge is 0.191 e. The standard InChI is InChI=1S/C20H34N4O3.HI/c1-3-24-12-4-6-17(24)16-23-19(21-10-8-18-7-5-13-25-18)22-11-9-20(2)26-14-15-27-20;/h5,7,13,17H,3-4,6,8-12,14-16H2,1-2H3,(H2,21,22,23);1H. The van der Waals surface area contributed by atoms with E-state index in [0.29, 0.717) is 19.3 Å². The molecule has 28 heavy (non-hydrogen) atoms. The number of aliphatic imine (C=N–C) groups is 1. The van der Waals surface area contributed by atoms with Gasteiger partial charge in [0.2, 0.25) is 0 Å². The molecule has 0 saturated carbocycles. The monoisotopic (exact) mass is 506 g/mol. The van der Waals surface area contributed by atoms with E-state index in [4.69, 9.17) is 18.9 Å². The minimum absolute atomic E-state index is 0. The molecule has 0 aromatic carbocycles. The Labute approximate surface area is 185 Å². The third-order valence-corrected chi connectivity index (χ3v) is 5.38. The lowest BCUT2D eigenvalue weighted by molar-refractivity contribution is -0.145. The van der Waals surface area contributed by atoms with E-state index in [1.165, 1.54) is 19.4 Å². The summed E-state index contributed by atoms with van der Waals surface area (Å²) < 4.78 is 16.8. The maximum Gasteiger partial charge on any atom is 0.191 e. The third-order valence-electron chi connectivity index (χ3n) is 5.38. The lowest BCUT2D eigenvalue weighted by atomic mass is 10.2. The molecule has 3 heterocycles. The van der Waals surface area contributed by atoms with E-state index in [1.807, 2.05) is 19.1 Å². The van der Waals surface area contributed by atoms with Crippen molar-refractivity contribution >= 4 is 29.9 Å². The van der Waals surface area contributed by atoms with Crippen molar-refractivity contribution in [2.75, 3.05) is 45.9 Å². The van der Waals surface area contributed by atoms with Crippen LogP contribution in [0, 0.1) is 0 Å². The number of nitrogens with one attached hydrogen (secondary N) is 2. The summed E-state index contributed by atoms with van der Waals surface area (Å²) in [6.07, 6.45) is 5.84. The van der Waals surface area contributed by atoms with Crippen LogP contribution in [0.15, 0.2) is 27.8 Å². The average Bonchev–Trinajstić information content (AvgIpc) is 3.41. The number of hydrogen-bond acceptors (Lipinski definition) is 5. The van der Waals surface area contributed by atoms with Gasteiger partial charge in [-0.3, -0.25) is 9.89 Å². The number of halogens is 1. The molecule has 8 heteroatoms. The van der Waals surface area contributed by atoms with Gasteiger partial charge in [-0.15, -0.1) is 24.0 Å². The van der Waals surface area contributed by atoms with Gasteiger partial charge in [0, 0.05) is 32.0 Å². The Morgan fingerprint density at radius 2 is 2.07 bits per heavy atom.